The molecule has 0 aliphatic rings. The zero-order valence-electron chi connectivity index (χ0n) is 14.4. The standard InChI is InChI=1S/C20H36/c1-6-10-11-12-13-15-18(5)20(9-4)17-16-19(8-3)14-7-2/h7-8H,2,6,9-17H2,1,3-5H3. The van der Waals surface area contributed by atoms with Crippen LogP contribution in [0, 0.1) is 0 Å². The van der Waals surface area contributed by atoms with E-state index in [2.05, 4.69) is 40.3 Å². The van der Waals surface area contributed by atoms with Crippen LogP contribution in [0.3, 0.4) is 0 Å². The van der Waals surface area contributed by atoms with E-state index in [9.17, 15) is 0 Å². The SMILES string of the molecule is C=CCC(=CC)CCC(CC)=C(C)CCCCCCC. The van der Waals surface area contributed by atoms with Gasteiger partial charge < -0.3 is 0 Å². The van der Waals surface area contributed by atoms with Crippen molar-refractivity contribution in [3.63, 3.8) is 0 Å². The van der Waals surface area contributed by atoms with Gasteiger partial charge in [0, 0.05) is 0 Å². The van der Waals surface area contributed by atoms with Gasteiger partial charge in [0.1, 0.15) is 0 Å². The average molecular weight is 277 g/mol. The molecule has 0 N–H and O–H groups in total. The zero-order valence-corrected chi connectivity index (χ0v) is 14.4. The highest BCUT2D eigenvalue weighted by Gasteiger charge is 2.03. The van der Waals surface area contributed by atoms with Gasteiger partial charge in [-0.25, -0.2) is 0 Å². The Hall–Kier alpha value is -0.780. The summed E-state index contributed by atoms with van der Waals surface area (Å²) in [5.74, 6) is 0. The van der Waals surface area contributed by atoms with Crippen LogP contribution in [0.2, 0.25) is 0 Å². The Morgan fingerprint density at radius 2 is 1.65 bits per heavy atom. The largest absolute Gasteiger partial charge is 0.103 e. The van der Waals surface area contributed by atoms with Crippen molar-refractivity contribution in [3.05, 3.63) is 35.5 Å². The molecule has 0 atom stereocenters. The molecule has 0 amide bonds. The van der Waals surface area contributed by atoms with Crippen LogP contribution in [0.5, 0.6) is 0 Å². The van der Waals surface area contributed by atoms with Crippen molar-refractivity contribution >= 4 is 0 Å². The molecule has 0 aliphatic carbocycles. The van der Waals surface area contributed by atoms with Gasteiger partial charge in [-0.05, 0) is 52.4 Å². The molecule has 0 aromatic rings. The van der Waals surface area contributed by atoms with Crippen molar-refractivity contribution in [2.45, 2.75) is 91.9 Å². The van der Waals surface area contributed by atoms with E-state index < -0.39 is 0 Å². The minimum atomic E-state index is 1.05. The van der Waals surface area contributed by atoms with Crippen molar-refractivity contribution in [1.82, 2.24) is 0 Å². The van der Waals surface area contributed by atoms with Crippen LogP contribution in [0.15, 0.2) is 35.5 Å². The Kier molecular flexibility index (Phi) is 12.7. The first kappa shape index (κ1) is 19.2. The minimum Gasteiger partial charge on any atom is -0.103 e. The summed E-state index contributed by atoms with van der Waals surface area (Å²) < 4.78 is 0. The molecule has 0 heteroatoms. The molecule has 0 rings (SSSR count). The lowest BCUT2D eigenvalue weighted by Gasteiger charge is -2.12. The molecule has 0 unspecified atom stereocenters. The third-order valence-electron chi connectivity index (χ3n) is 4.25. The molecule has 0 bridgehead atoms. The summed E-state index contributed by atoms with van der Waals surface area (Å²) in [5, 5.41) is 0. The molecule has 0 aromatic carbocycles. The zero-order chi connectivity index (χ0) is 15.2. The van der Waals surface area contributed by atoms with Gasteiger partial charge in [0.2, 0.25) is 0 Å². The van der Waals surface area contributed by atoms with Gasteiger partial charge in [-0.1, -0.05) is 68.4 Å². The summed E-state index contributed by atoms with van der Waals surface area (Å²) in [6.07, 6.45) is 17.2. The predicted octanol–water partition coefficient (Wildman–Crippen LogP) is 7.38. The highest BCUT2D eigenvalue weighted by molar-refractivity contribution is 5.15. The minimum absolute atomic E-state index is 1.05. The van der Waals surface area contributed by atoms with E-state index in [1.807, 2.05) is 6.08 Å². The van der Waals surface area contributed by atoms with E-state index in [1.165, 1.54) is 63.4 Å². The first-order valence-corrected chi connectivity index (χ1v) is 8.61. The third kappa shape index (κ3) is 9.18. The van der Waals surface area contributed by atoms with Crippen LogP contribution in [0.25, 0.3) is 0 Å². The highest BCUT2D eigenvalue weighted by atomic mass is 14.1. The lowest BCUT2D eigenvalue weighted by Crippen LogP contribution is -1.92. The van der Waals surface area contributed by atoms with Gasteiger partial charge in [0.15, 0.2) is 0 Å². The molecule has 0 nitrogen and oxygen atoms in total. The van der Waals surface area contributed by atoms with Crippen molar-refractivity contribution in [1.29, 1.82) is 0 Å². The second-order valence-electron chi connectivity index (χ2n) is 5.84. The molecular formula is C20H36. The van der Waals surface area contributed by atoms with E-state index in [4.69, 9.17) is 0 Å². The van der Waals surface area contributed by atoms with Crippen LogP contribution >= 0.6 is 0 Å². The van der Waals surface area contributed by atoms with E-state index in [0.717, 1.165) is 6.42 Å². The van der Waals surface area contributed by atoms with E-state index >= 15 is 0 Å². The molecule has 0 saturated carbocycles. The molecule has 0 spiro atoms. The van der Waals surface area contributed by atoms with Crippen molar-refractivity contribution in [2.75, 3.05) is 0 Å². The molecule has 0 heterocycles. The Labute approximate surface area is 128 Å². The molecule has 0 aliphatic heterocycles. The van der Waals surface area contributed by atoms with Gasteiger partial charge in [-0.2, -0.15) is 0 Å². The van der Waals surface area contributed by atoms with Crippen LogP contribution in [-0.2, 0) is 0 Å². The van der Waals surface area contributed by atoms with E-state index in [-0.39, 0.29) is 0 Å². The normalized spacial score (nSPS) is 13.3. The molecule has 0 fully saturated rings. The number of unbranched alkanes of at least 4 members (excludes halogenated alkanes) is 4. The topological polar surface area (TPSA) is 0 Å². The van der Waals surface area contributed by atoms with Crippen molar-refractivity contribution < 1.29 is 0 Å². The van der Waals surface area contributed by atoms with Crippen molar-refractivity contribution in [3.8, 4) is 0 Å². The summed E-state index contributed by atoms with van der Waals surface area (Å²) in [6.45, 7) is 12.9. The Balaban J connectivity index is 4.18. The summed E-state index contributed by atoms with van der Waals surface area (Å²) in [5.41, 5.74) is 4.86. The van der Waals surface area contributed by atoms with E-state index in [0.29, 0.717) is 0 Å². The Morgan fingerprint density at radius 3 is 2.20 bits per heavy atom. The van der Waals surface area contributed by atoms with Crippen LogP contribution in [0.1, 0.15) is 91.9 Å². The number of hydrogen-bond acceptors (Lipinski definition) is 0. The molecule has 20 heavy (non-hydrogen) atoms. The highest BCUT2D eigenvalue weighted by Crippen LogP contribution is 2.23. The van der Waals surface area contributed by atoms with Crippen LogP contribution in [0.4, 0.5) is 0 Å². The predicted molar refractivity (Wildman–Crippen MR) is 94.2 cm³/mol. The van der Waals surface area contributed by atoms with E-state index in [1.54, 1.807) is 11.1 Å². The molecule has 0 radical (unpaired) electrons. The van der Waals surface area contributed by atoms with Gasteiger partial charge >= 0.3 is 0 Å². The fourth-order valence-electron chi connectivity index (χ4n) is 2.72. The summed E-state index contributed by atoms with van der Waals surface area (Å²) >= 11 is 0. The maximum atomic E-state index is 3.84. The third-order valence-corrected chi connectivity index (χ3v) is 4.25. The second-order valence-corrected chi connectivity index (χ2v) is 5.84. The van der Waals surface area contributed by atoms with Crippen LogP contribution < -0.4 is 0 Å². The van der Waals surface area contributed by atoms with Gasteiger partial charge in [0.05, 0.1) is 0 Å². The molecular weight excluding hydrogens is 240 g/mol. The lowest BCUT2D eigenvalue weighted by molar-refractivity contribution is 0.627. The van der Waals surface area contributed by atoms with Crippen LogP contribution in [-0.4, -0.2) is 0 Å². The maximum absolute atomic E-state index is 3.84. The fraction of sp³-hybridized carbons (Fsp3) is 0.700. The lowest BCUT2D eigenvalue weighted by atomic mass is 9.94. The molecule has 0 saturated heterocycles. The number of hydrogen-bond donors (Lipinski definition) is 0. The Bertz CT molecular complexity index is 304. The Morgan fingerprint density at radius 1 is 0.950 bits per heavy atom. The molecule has 116 valence electrons. The average Bonchev–Trinajstić information content (AvgIpc) is 2.46. The van der Waals surface area contributed by atoms with Gasteiger partial charge in [-0.3, -0.25) is 0 Å². The van der Waals surface area contributed by atoms with Gasteiger partial charge in [0.25, 0.3) is 0 Å². The summed E-state index contributed by atoms with van der Waals surface area (Å²) in [7, 11) is 0. The second kappa shape index (κ2) is 13.2. The number of allylic oxidation sites excluding steroid dienone is 5. The smallest absolute Gasteiger partial charge is 0.0142 e. The first-order valence-electron chi connectivity index (χ1n) is 8.61. The van der Waals surface area contributed by atoms with Gasteiger partial charge in [-0.15, -0.1) is 6.58 Å². The fourth-order valence-corrected chi connectivity index (χ4v) is 2.72. The van der Waals surface area contributed by atoms with Crippen molar-refractivity contribution in [2.24, 2.45) is 0 Å². The molecule has 0 aromatic heterocycles. The number of rotatable bonds is 12. The summed E-state index contributed by atoms with van der Waals surface area (Å²) in [4.78, 5) is 0. The summed E-state index contributed by atoms with van der Waals surface area (Å²) in [6, 6.07) is 0. The quantitative estimate of drug-likeness (QED) is 0.258. The first-order chi connectivity index (χ1) is 9.69. The monoisotopic (exact) mass is 276 g/mol. The maximum Gasteiger partial charge on any atom is -0.0142 e.